The van der Waals surface area contributed by atoms with Gasteiger partial charge >= 0.3 is 12.0 Å². The molecule has 1 rings (SSSR count). The number of aliphatic hydroxyl groups is 1. The molecule has 0 bridgehead atoms. The summed E-state index contributed by atoms with van der Waals surface area (Å²) >= 11 is 0. The highest BCUT2D eigenvalue weighted by Gasteiger charge is 2.44. The minimum Gasteiger partial charge on any atom is -0.479 e. The lowest BCUT2D eigenvalue weighted by atomic mass is 10.1. The van der Waals surface area contributed by atoms with Crippen LogP contribution in [-0.4, -0.2) is 63.7 Å². The van der Waals surface area contributed by atoms with E-state index in [1.54, 1.807) is 0 Å². The third-order valence-corrected chi connectivity index (χ3v) is 2.52. The van der Waals surface area contributed by atoms with E-state index in [1.807, 2.05) is 0 Å². The summed E-state index contributed by atoms with van der Waals surface area (Å²) in [7, 11) is 0. The Hall–Kier alpha value is -2.16. The normalized spacial score (nSPS) is 19.0. The molecule has 9 nitrogen and oxygen atoms in total. The molecule has 0 radical (unpaired) electrons. The number of carboxylic acid groups (broad SMARTS) is 1. The number of carboxylic acids is 1. The maximum atomic E-state index is 11.7. The summed E-state index contributed by atoms with van der Waals surface area (Å²) in [6.07, 6.45) is -1.73. The number of amides is 4. The fraction of sp³-hybridized carbons (Fsp3) is 0.600. The molecule has 0 spiro atoms. The predicted octanol–water partition coefficient (Wildman–Crippen LogP) is -2.12. The van der Waals surface area contributed by atoms with Crippen LogP contribution in [0.15, 0.2) is 0 Å². The number of hydrogen-bond donors (Lipinski definition) is 4. The quantitative estimate of drug-likeness (QED) is 0.423. The lowest BCUT2D eigenvalue weighted by Gasteiger charge is -2.16. The summed E-state index contributed by atoms with van der Waals surface area (Å²) in [5, 5.41) is 21.9. The molecule has 0 saturated carbocycles. The molecule has 1 unspecified atom stereocenters. The number of hydrogen-bond acceptors (Lipinski definition) is 5. The number of nitrogens with zero attached hydrogens (tertiary/aromatic N) is 1. The maximum Gasteiger partial charge on any atom is 0.334 e. The lowest BCUT2D eigenvalue weighted by molar-refractivity contribution is -0.146. The Bertz CT molecular complexity index is 433. The van der Waals surface area contributed by atoms with Crippen LogP contribution in [0.2, 0.25) is 0 Å². The van der Waals surface area contributed by atoms with E-state index < -0.39 is 48.5 Å². The molecular weight excluding hydrogens is 258 g/mol. The topological polar surface area (TPSA) is 136 Å². The van der Waals surface area contributed by atoms with Gasteiger partial charge in [-0.25, -0.2) is 9.59 Å². The Morgan fingerprint density at radius 1 is 1.42 bits per heavy atom. The molecule has 1 aliphatic rings. The molecule has 1 atom stereocenters. The van der Waals surface area contributed by atoms with Gasteiger partial charge in [-0.1, -0.05) is 0 Å². The lowest BCUT2D eigenvalue weighted by Crippen LogP contribution is -2.45. The number of urea groups is 1. The predicted molar refractivity (Wildman–Crippen MR) is 61.0 cm³/mol. The monoisotopic (exact) mass is 273 g/mol. The second-order valence-electron chi connectivity index (χ2n) is 4.60. The molecule has 0 aromatic heterocycles. The van der Waals surface area contributed by atoms with Crippen LogP contribution >= 0.6 is 0 Å². The molecule has 0 aliphatic carbocycles. The third-order valence-electron chi connectivity index (χ3n) is 2.52. The zero-order chi connectivity index (χ0) is 14.8. The molecule has 1 saturated heterocycles. The van der Waals surface area contributed by atoms with Gasteiger partial charge in [-0.2, -0.15) is 0 Å². The van der Waals surface area contributed by atoms with E-state index in [4.69, 9.17) is 10.2 Å². The second kappa shape index (κ2) is 5.22. The number of imide groups is 1. The summed E-state index contributed by atoms with van der Waals surface area (Å²) < 4.78 is 0. The van der Waals surface area contributed by atoms with E-state index in [0.29, 0.717) is 0 Å². The fourth-order valence-electron chi connectivity index (χ4n) is 1.46. The highest BCUT2D eigenvalue weighted by atomic mass is 16.4. The molecule has 9 heteroatoms. The van der Waals surface area contributed by atoms with Gasteiger partial charge in [0.15, 0.2) is 6.10 Å². The minimum atomic E-state index is -1.73. The van der Waals surface area contributed by atoms with Gasteiger partial charge < -0.3 is 20.8 Å². The van der Waals surface area contributed by atoms with Crippen LogP contribution in [0.1, 0.15) is 13.8 Å². The Labute approximate surface area is 108 Å². The first-order valence-corrected chi connectivity index (χ1v) is 5.47. The van der Waals surface area contributed by atoms with Crippen LogP contribution in [0.25, 0.3) is 0 Å². The van der Waals surface area contributed by atoms with E-state index in [9.17, 15) is 19.2 Å². The van der Waals surface area contributed by atoms with Crippen molar-refractivity contribution >= 4 is 23.8 Å². The van der Waals surface area contributed by atoms with E-state index in [2.05, 4.69) is 10.6 Å². The zero-order valence-electron chi connectivity index (χ0n) is 10.5. The van der Waals surface area contributed by atoms with Gasteiger partial charge in [0.25, 0.3) is 5.91 Å². The molecule has 1 aliphatic heterocycles. The molecule has 4 N–H and O–H groups in total. The van der Waals surface area contributed by atoms with Crippen molar-refractivity contribution in [3.8, 4) is 0 Å². The van der Waals surface area contributed by atoms with Gasteiger partial charge in [0.2, 0.25) is 5.91 Å². The van der Waals surface area contributed by atoms with Crippen LogP contribution < -0.4 is 10.6 Å². The summed E-state index contributed by atoms with van der Waals surface area (Å²) in [5.41, 5.74) is -1.07. The first kappa shape index (κ1) is 14.9. The van der Waals surface area contributed by atoms with Crippen LogP contribution in [0.3, 0.4) is 0 Å². The molecular formula is C10H15N3O6. The first-order valence-electron chi connectivity index (χ1n) is 5.47. The van der Waals surface area contributed by atoms with Gasteiger partial charge in [0.1, 0.15) is 12.1 Å². The van der Waals surface area contributed by atoms with Gasteiger partial charge in [-0.3, -0.25) is 14.5 Å². The van der Waals surface area contributed by atoms with Crippen LogP contribution in [0.4, 0.5) is 4.79 Å². The number of aliphatic carboxylic acids is 1. The van der Waals surface area contributed by atoms with Crippen LogP contribution in [0.5, 0.6) is 0 Å². The van der Waals surface area contributed by atoms with E-state index >= 15 is 0 Å². The summed E-state index contributed by atoms with van der Waals surface area (Å²) in [4.78, 5) is 45.7. The van der Waals surface area contributed by atoms with E-state index in [0.717, 1.165) is 4.90 Å². The largest absolute Gasteiger partial charge is 0.479 e. The highest BCUT2D eigenvalue weighted by Crippen LogP contribution is 2.15. The number of aliphatic hydroxyl groups excluding tert-OH is 1. The third kappa shape index (κ3) is 3.41. The highest BCUT2D eigenvalue weighted by molar-refractivity contribution is 6.08. The second-order valence-corrected chi connectivity index (χ2v) is 4.60. The van der Waals surface area contributed by atoms with Crippen molar-refractivity contribution in [2.45, 2.75) is 25.5 Å². The smallest absolute Gasteiger partial charge is 0.334 e. The molecule has 106 valence electrons. The molecule has 0 aromatic rings. The summed E-state index contributed by atoms with van der Waals surface area (Å²) in [5.74, 6) is -2.76. The van der Waals surface area contributed by atoms with E-state index in [-0.39, 0.29) is 0 Å². The van der Waals surface area contributed by atoms with Crippen molar-refractivity contribution in [3.63, 3.8) is 0 Å². The standard InChI is InChI=1S/C10H15N3O6/c1-10(2)8(18)13(9(19)12-10)4-6(15)11-3-5(14)7(16)17/h5,14H,3-4H2,1-2H3,(H,11,15)(H,12,19)(H,16,17). The zero-order valence-corrected chi connectivity index (χ0v) is 10.5. The minimum absolute atomic E-state index is 0.499. The maximum absolute atomic E-state index is 11.7. The molecule has 1 fully saturated rings. The van der Waals surface area contributed by atoms with Crippen molar-refractivity contribution in [1.29, 1.82) is 0 Å². The number of carbonyl (C=O) groups excluding carboxylic acids is 3. The average Bonchev–Trinajstić information content (AvgIpc) is 2.48. The van der Waals surface area contributed by atoms with Gasteiger partial charge in [0.05, 0.1) is 6.54 Å². The number of carbonyl (C=O) groups is 4. The van der Waals surface area contributed by atoms with Crippen LogP contribution in [-0.2, 0) is 14.4 Å². The van der Waals surface area contributed by atoms with Crippen molar-refractivity contribution in [2.24, 2.45) is 0 Å². The fourth-order valence-corrected chi connectivity index (χ4v) is 1.46. The Morgan fingerprint density at radius 2 is 2.00 bits per heavy atom. The molecule has 0 aromatic carbocycles. The summed E-state index contributed by atoms with van der Waals surface area (Å²) in [6.45, 7) is 1.97. The first-order chi connectivity index (χ1) is 8.65. The number of nitrogens with one attached hydrogen (secondary N) is 2. The van der Waals surface area contributed by atoms with Crippen molar-refractivity contribution < 1.29 is 29.4 Å². The van der Waals surface area contributed by atoms with Crippen molar-refractivity contribution in [2.75, 3.05) is 13.1 Å². The average molecular weight is 273 g/mol. The molecule has 1 heterocycles. The molecule has 19 heavy (non-hydrogen) atoms. The molecule has 4 amide bonds. The number of rotatable bonds is 5. The van der Waals surface area contributed by atoms with Crippen molar-refractivity contribution in [1.82, 2.24) is 15.5 Å². The Kier molecular flexibility index (Phi) is 4.10. The van der Waals surface area contributed by atoms with Gasteiger partial charge in [-0.15, -0.1) is 0 Å². The SMILES string of the molecule is CC1(C)NC(=O)N(CC(=O)NCC(O)C(=O)O)C1=O. The van der Waals surface area contributed by atoms with Crippen LogP contribution in [0, 0.1) is 0 Å². The van der Waals surface area contributed by atoms with E-state index in [1.165, 1.54) is 13.8 Å². The Morgan fingerprint density at radius 3 is 2.42 bits per heavy atom. The Balaban J connectivity index is 2.52. The van der Waals surface area contributed by atoms with Gasteiger partial charge in [-0.05, 0) is 13.8 Å². The van der Waals surface area contributed by atoms with Crippen molar-refractivity contribution in [3.05, 3.63) is 0 Å². The van der Waals surface area contributed by atoms with Gasteiger partial charge in [0, 0.05) is 0 Å². The summed E-state index contributed by atoms with van der Waals surface area (Å²) in [6, 6.07) is -0.691.